The maximum atomic E-state index is 4.36. The molecule has 0 bridgehead atoms. The van der Waals surface area contributed by atoms with E-state index in [0.29, 0.717) is 0 Å². The van der Waals surface area contributed by atoms with Crippen LogP contribution < -0.4 is 0 Å². The smallest absolute Gasteiger partial charge is 0.0807 e. The van der Waals surface area contributed by atoms with E-state index >= 15 is 0 Å². The molecule has 0 saturated carbocycles. The zero-order chi connectivity index (χ0) is 12.0. The molecule has 0 N–H and O–H groups in total. The highest BCUT2D eigenvalue weighted by atomic mass is 28.3. The van der Waals surface area contributed by atoms with Crippen LogP contribution in [0.15, 0.2) is 41.5 Å². The summed E-state index contributed by atoms with van der Waals surface area (Å²) in [4.78, 5) is 8.54. The SMILES string of the molecule is C=C(CN=Cc1ccccn1)C[Si](C)(C)C. The third-order valence-corrected chi connectivity index (χ3v) is 3.57. The van der Waals surface area contributed by atoms with Gasteiger partial charge in [0.15, 0.2) is 0 Å². The van der Waals surface area contributed by atoms with Gasteiger partial charge in [0.25, 0.3) is 0 Å². The van der Waals surface area contributed by atoms with E-state index in [2.05, 4.69) is 36.2 Å². The van der Waals surface area contributed by atoms with Crippen molar-refractivity contribution in [3.63, 3.8) is 0 Å². The topological polar surface area (TPSA) is 25.2 Å². The van der Waals surface area contributed by atoms with Crippen LogP contribution in [-0.2, 0) is 0 Å². The molecular weight excluding hydrogens is 212 g/mol. The lowest BCUT2D eigenvalue weighted by molar-refractivity contribution is 1.13. The number of nitrogens with zero attached hydrogens (tertiary/aromatic N) is 2. The van der Waals surface area contributed by atoms with Crippen molar-refractivity contribution in [2.45, 2.75) is 25.7 Å². The van der Waals surface area contributed by atoms with Crippen LogP contribution in [-0.4, -0.2) is 25.8 Å². The molecule has 3 heteroatoms. The van der Waals surface area contributed by atoms with Crippen LogP contribution in [0.4, 0.5) is 0 Å². The van der Waals surface area contributed by atoms with E-state index in [9.17, 15) is 0 Å². The highest BCUT2D eigenvalue weighted by Gasteiger charge is 2.13. The highest BCUT2D eigenvalue weighted by molar-refractivity contribution is 6.76. The second-order valence-corrected chi connectivity index (χ2v) is 10.7. The van der Waals surface area contributed by atoms with Crippen LogP contribution in [0.25, 0.3) is 0 Å². The van der Waals surface area contributed by atoms with Crippen molar-refractivity contribution in [3.8, 4) is 0 Å². The van der Waals surface area contributed by atoms with Gasteiger partial charge in [-0.1, -0.05) is 37.9 Å². The van der Waals surface area contributed by atoms with Crippen molar-refractivity contribution in [2.24, 2.45) is 4.99 Å². The largest absolute Gasteiger partial charge is 0.287 e. The molecule has 1 aromatic heterocycles. The van der Waals surface area contributed by atoms with Gasteiger partial charge in [-0.15, -0.1) is 0 Å². The Morgan fingerprint density at radius 2 is 2.19 bits per heavy atom. The third kappa shape index (κ3) is 5.61. The van der Waals surface area contributed by atoms with Gasteiger partial charge in [-0.3, -0.25) is 9.98 Å². The second kappa shape index (κ2) is 5.75. The van der Waals surface area contributed by atoms with Crippen LogP contribution >= 0.6 is 0 Å². The minimum atomic E-state index is -1.04. The standard InChI is InChI=1S/C13H20N2Si/c1-12(11-16(2,3)4)9-14-10-13-7-5-6-8-15-13/h5-8,10H,1,9,11H2,2-4H3. The van der Waals surface area contributed by atoms with E-state index in [-0.39, 0.29) is 0 Å². The first-order valence-corrected chi connectivity index (χ1v) is 9.25. The monoisotopic (exact) mass is 232 g/mol. The fourth-order valence-corrected chi connectivity index (χ4v) is 3.14. The summed E-state index contributed by atoms with van der Waals surface area (Å²) in [6.07, 6.45) is 3.59. The van der Waals surface area contributed by atoms with E-state index in [1.165, 1.54) is 5.57 Å². The molecule has 2 nitrogen and oxygen atoms in total. The summed E-state index contributed by atoms with van der Waals surface area (Å²) in [5, 5.41) is 0. The number of pyridine rings is 1. The molecule has 0 radical (unpaired) electrons. The van der Waals surface area contributed by atoms with Gasteiger partial charge in [0.1, 0.15) is 0 Å². The van der Waals surface area contributed by atoms with E-state index in [4.69, 9.17) is 0 Å². The molecule has 0 fully saturated rings. The van der Waals surface area contributed by atoms with Gasteiger partial charge < -0.3 is 0 Å². The summed E-state index contributed by atoms with van der Waals surface area (Å²) in [6.45, 7) is 11.8. The third-order valence-electron chi connectivity index (χ3n) is 2.01. The summed E-state index contributed by atoms with van der Waals surface area (Å²) in [5.41, 5.74) is 2.13. The predicted molar refractivity (Wildman–Crippen MR) is 74.0 cm³/mol. The Balaban J connectivity index is 2.41. The number of rotatable bonds is 5. The molecular formula is C13H20N2Si. The first kappa shape index (κ1) is 12.8. The minimum Gasteiger partial charge on any atom is -0.287 e. The number of hydrogen-bond donors (Lipinski definition) is 0. The molecule has 0 aliphatic heterocycles. The molecule has 0 unspecified atom stereocenters. The summed E-state index contributed by atoms with van der Waals surface area (Å²) in [7, 11) is -1.04. The summed E-state index contributed by atoms with van der Waals surface area (Å²) in [6, 6.07) is 6.96. The Morgan fingerprint density at radius 1 is 1.44 bits per heavy atom. The summed E-state index contributed by atoms with van der Waals surface area (Å²) < 4.78 is 0. The first-order valence-electron chi connectivity index (χ1n) is 5.55. The van der Waals surface area contributed by atoms with Crippen molar-refractivity contribution in [3.05, 3.63) is 42.2 Å². The van der Waals surface area contributed by atoms with Crippen molar-refractivity contribution >= 4 is 14.3 Å². The van der Waals surface area contributed by atoms with Crippen molar-refractivity contribution in [1.82, 2.24) is 4.98 Å². The van der Waals surface area contributed by atoms with E-state index in [1.807, 2.05) is 24.4 Å². The maximum absolute atomic E-state index is 4.36. The van der Waals surface area contributed by atoms with Crippen molar-refractivity contribution in [2.75, 3.05) is 6.54 Å². The van der Waals surface area contributed by atoms with Crippen LogP contribution in [0.5, 0.6) is 0 Å². The highest BCUT2D eigenvalue weighted by Crippen LogP contribution is 2.14. The Labute approximate surface area is 99.2 Å². The quantitative estimate of drug-likeness (QED) is 0.434. The lowest BCUT2D eigenvalue weighted by Gasteiger charge is -2.16. The Morgan fingerprint density at radius 3 is 2.75 bits per heavy atom. The summed E-state index contributed by atoms with van der Waals surface area (Å²) in [5.74, 6) is 0. The fraction of sp³-hybridized carbons (Fsp3) is 0.385. The van der Waals surface area contributed by atoms with E-state index in [1.54, 1.807) is 6.20 Å². The molecule has 86 valence electrons. The number of aromatic nitrogens is 1. The molecule has 1 aromatic rings. The average molecular weight is 232 g/mol. The minimum absolute atomic E-state index is 0.723. The van der Waals surface area contributed by atoms with Crippen molar-refractivity contribution in [1.29, 1.82) is 0 Å². The molecule has 0 spiro atoms. The van der Waals surface area contributed by atoms with Crippen LogP contribution in [0.2, 0.25) is 25.7 Å². The van der Waals surface area contributed by atoms with Gasteiger partial charge in [0.2, 0.25) is 0 Å². The number of aliphatic imine (C=N–C) groups is 1. The molecule has 1 heterocycles. The molecule has 0 saturated heterocycles. The lowest BCUT2D eigenvalue weighted by Crippen LogP contribution is -2.20. The van der Waals surface area contributed by atoms with Crippen LogP contribution in [0.1, 0.15) is 5.69 Å². The van der Waals surface area contributed by atoms with Crippen molar-refractivity contribution < 1.29 is 0 Å². The zero-order valence-corrected chi connectivity index (χ0v) is 11.4. The van der Waals surface area contributed by atoms with Gasteiger partial charge in [-0.2, -0.15) is 0 Å². The van der Waals surface area contributed by atoms with Gasteiger partial charge in [0, 0.05) is 20.5 Å². The first-order chi connectivity index (χ1) is 7.47. The molecule has 1 rings (SSSR count). The lowest BCUT2D eigenvalue weighted by atomic mass is 10.3. The fourth-order valence-electron chi connectivity index (χ4n) is 1.53. The van der Waals surface area contributed by atoms with Gasteiger partial charge in [-0.25, -0.2) is 0 Å². The van der Waals surface area contributed by atoms with Crippen LogP contribution in [0, 0.1) is 0 Å². The van der Waals surface area contributed by atoms with E-state index < -0.39 is 8.07 Å². The predicted octanol–water partition coefficient (Wildman–Crippen LogP) is 3.39. The van der Waals surface area contributed by atoms with Gasteiger partial charge in [0.05, 0.1) is 12.2 Å². The molecule has 0 aromatic carbocycles. The molecule has 0 atom stereocenters. The van der Waals surface area contributed by atoms with Gasteiger partial charge >= 0.3 is 0 Å². The maximum Gasteiger partial charge on any atom is 0.0807 e. The molecule has 0 aliphatic rings. The number of hydrogen-bond acceptors (Lipinski definition) is 2. The Bertz CT molecular complexity index is 363. The molecule has 0 aliphatic carbocycles. The molecule has 16 heavy (non-hydrogen) atoms. The van der Waals surface area contributed by atoms with Gasteiger partial charge in [-0.05, 0) is 18.2 Å². The Kier molecular flexibility index (Phi) is 4.62. The van der Waals surface area contributed by atoms with E-state index in [0.717, 1.165) is 18.3 Å². The zero-order valence-electron chi connectivity index (χ0n) is 10.4. The average Bonchev–Trinajstić information content (AvgIpc) is 2.16. The van der Waals surface area contributed by atoms with Crippen LogP contribution in [0.3, 0.4) is 0 Å². The normalized spacial score (nSPS) is 11.9. The molecule has 0 amide bonds. The second-order valence-electron chi connectivity index (χ2n) is 5.21. The summed E-state index contributed by atoms with van der Waals surface area (Å²) >= 11 is 0. The Hall–Kier alpha value is -1.22.